The van der Waals surface area contributed by atoms with Crippen molar-refractivity contribution >= 4 is 33.2 Å². The van der Waals surface area contributed by atoms with Gasteiger partial charge in [0.15, 0.2) is 5.15 Å². The molecule has 0 unspecified atom stereocenters. The number of hydrogen-bond donors (Lipinski definition) is 0. The molecule has 6 heteroatoms. The van der Waals surface area contributed by atoms with Crippen molar-refractivity contribution in [3.8, 4) is 10.7 Å². The Morgan fingerprint density at radius 1 is 1.44 bits per heavy atom. The van der Waals surface area contributed by atoms with Crippen LogP contribution in [0.1, 0.15) is 0 Å². The maximum Gasteiger partial charge on any atom is 0.156 e. The van der Waals surface area contributed by atoms with Crippen LogP contribution in [0, 0.1) is 0 Å². The molecule has 0 atom stereocenters. The number of halogens is 1. The Kier molecular flexibility index (Phi) is 2.15. The van der Waals surface area contributed by atoms with E-state index in [1.54, 1.807) is 30.1 Å². The van der Waals surface area contributed by atoms with Crippen molar-refractivity contribution < 1.29 is 0 Å². The smallest absolute Gasteiger partial charge is 0.156 e. The lowest BCUT2D eigenvalue weighted by atomic mass is 10.4. The van der Waals surface area contributed by atoms with Gasteiger partial charge < -0.3 is 4.57 Å². The molecule has 3 aromatic heterocycles. The van der Waals surface area contributed by atoms with Gasteiger partial charge in [-0.15, -0.1) is 11.3 Å². The topological polar surface area (TPSA) is 43.6 Å². The summed E-state index contributed by atoms with van der Waals surface area (Å²) >= 11 is 7.57. The number of aryl methyl sites for hydroxylation is 1. The van der Waals surface area contributed by atoms with E-state index in [2.05, 4.69) is 15.0 Å². The third kappa shape index (κ3) is 1.40. The van der Waals surface area contributed by atoms with Gasteiger partial charge in [-0.1, -0.05) is 11.6 Å². The second kappa shape index (κ2) is 3.54. The molecule has 80 valence electrons. The van der Waals surface area contributed by atoms with Gasteiger partial charge in [-0.25, -0.2) is 15.0 Å². The van der Waals surface area contributed by atoms with Crippen LogP contribution >= 0.6 is 22.9 Å². The van der Waals surface area contributed by atoms with Gasteiger partial charge in [0.05, 0.1) is 22.9 Å². The summed E-state index contributed by atoms with van der Waals surface area (Å²) in [5.41, 5.74) is 1.74. The zero-order chi connectivity index (χ0) is 11.1. The highest BCUT2D eigenvalue weighted by molar-refractivity contribution is 7.21. The first-order valence-electron chi connectivity index (χ1n) is 4.63. The quantitative estimate of drug-likeness (QED) is 0.624. The van der Waals surface area contributed by atoms with Crippen LogP contribution in [0.25, 0.3) is 20.9 Å². The minimum atomic E-state index is 0.446. The lowest BCUT2D eigenvalue weighted by Gasteiger charge is -1.94. The second-order valence-electron chi connectivity index (χ2n) is 3.36. The third-order valence-corrected chi connectivity index (χ3v) is 3.62. The van der Waals surface area contributed by atoms with Crippen LogP contribution in [0.3, 0.4) is 0 Å². The Bertz CT molecular complexity index is 658. The van der Waals surface area contributed by atoms with E-state index in [0.29, 0.717) is 5.15 Å². The monoisotopic (exact) mass is 250 g/mol. The van der Waals surface area contributed by atoms with E-state index in [1.165, 1.54) is 0 Å². The van der Waals surface area contributed by atoms with Crippen LogP contribution in [0.15, 0.2) is 24.8 Å². The summed E-state index contributed by atoms with van der Waals surface area (Å²) in [6.45, 7) is 0. The van der Waals surface area contributed by atoms with Crippen LogP contribution in [0.5, 0.6) is 0 Å². The summed E-state index contributed by atoms with van der Waals surface area (Å²) in [5, 5.41) is 1.35. The molecule has 3 heterocycles. The van der Waals surface area contributed by atoms with E-state index in [0.717, 1.165) is 20.9 Å². The van der Waals surface area contributed by atoms with Crippen LogP contribution in [0.4, 0.5) is 0 Å². The van der Waals surface area contributed by atoms with Crippen molar-refractivity contribution in [2.45, 2.75) is 0 Å². The van der Waals surface area contributed by atoms with Crippen molar-refractivity contribution in [3.05, 3.63) is 29.9 Å². The molecular formula is C10H7ClN4S. The van der Waals surface area contributed by atoms with Crippen LogP contribution in [-0.2, 0) is 7.05 Å². The highest BCUT2D eigenvalue weighted by atomic mass is 35.5. The number of thiazole rings is 1. The molecule has 3 rings (SSSR count). The summed E-state index contributed by atoms with van der Waals surface area (Å²) in [7, 11) is 1.94. The zero-order valence-electron chi connectivity index (χ0n) is 8.38. The van der Waals surface area contributed by atoms with Gasteiger partial charge >= 0.3 is 0 Å². The fourth-order valence-electron chi connectivity index (χ4n) is 1.50. The van der Waals surface area contributed by atoms with Crippen LogP contribution in [0.2, 0.25) is 5.15 Å². The van der Waals surface area contributed by atoms with Crippen molar-refractivity contribution in [1.82, 2.24) is 19.5 Å². The van der Waals surface area contributed by atoms with Gasteiger partial charge in [0, 0.05) is 13.2 Å². The molecule has 0 fully saturated rings. The fourth-order valence-corrected chi connectivity index (χ4v) is 2.77. The number of rotatable bonds is 1. The average Bonchev–Trinajstić information content (AvgIpc) is 2.84. The SMILES string of the molecule is Cn1cncc1-c1nc2c(Cl)nccc2s1. The number of pyridine rings is 1. The lowest BCUT2D eigenvalue weighted by molar-refractivity contribution is 0.920. The molecule has 4 nitrogen and oxygen atoms in total. The Balaban J connectivity index is 2.27. The minimum Gasteiger partial charge on any atom is -0.332 e. The molecule has 0 aromatic carbocycles. The van der Waals surface area contributed by atoms with Gasteiger partial charge in [-0.3, -0.25) is 0 Å². The van der Waals surface area contributed by atoms with Gasteiger partial charge in [-0.2, -0.15) is 0 Å². The molecule has 0 N–H and O–H groups in total. The number of hydrogen-bond acceptors (Lipinski definition) is 4. The Morgan fingerprint density at radius 2 is 2.31 bits per heavy atom. The zero-order valence-corrected chi connectivity index (χ0v) is 9.96. The highest BCUT2D eigenvalue weighted by Crippen LogP contribution is 2.31. The molecule has 0 bridgehead atoms. The van der Waals surface area contributed by atoms with Crippen molar-refractivity contribution in [2.75, 3.05) is 0 Å². The van der Waals surface area contributed by atoms with E-state index >= 15 is 0 Å². The van der Waals surface area contributed by atoms with E-state index in [-0.39, 0.29) is 0 Å². The maximum atomic E-state index is 5.98. The third-order valence-electron chi connectivity index (χ3n) is 2.30. The number of aromatic nitrogens is 4. The molecule has 0 radical (unpaired) electrons. The number of nitrogens with zero attached hydrogens (tertiary/aromatic N) is 4. The normalized spacial score (nSPS) is 11.1. The molecule has 3 aromatic rings. The first kappa shape index (κ1) is 9.74. The summed E-state index contributed by atoms with van der Waals surface area (Å²) < 4.78 is 2.97. The standard InChI is InChI=1S/C10H7ClN4S/c1-15-5-12-4-6(15)10-14-8-7(16-10)2-3-13-9(8)11/h2-5H,1H3. The molecule has 0 saturated heterocycles. The molecule has 0 aliphatic heterocycles. The van der Waals surface area contributed by atoms with E-state index in [1.807, 2.05) is 17.7 Å². The van der Waals surface area contributed by atoms with E-state index in [4.69, 9.17) is 11.6 Å². The molecule has 0 amide bonds. The lowest BCUT2D eigenvalue weighted by Crippen LogP contribution is -1.87. The summed E-state index contributed by atoms with van der Waals surface area (Å²) in [6, 6.07) is 1.92. The molecule has 16 heavy (non-hydrogen) atoms. The van der Waals surface area contributed by atoms with Gasteiger partial charge in [0.1, 0.15) is 10.5 Å². The minimum absolute atomic E-state index is 0.446. The van der Waals surface area contributed by atoms with Crippen LogP contribution in [-0.4, -0.2) is 19.5 Å². The molecule has 0 spiro atoms. The predicted octanol–water partition coefficient (Wildman–Crippen LogP) is 2.75. The molecule has 0 saturated carbocycles. The first-order chi connectivity index (χ1) is 7.75. The van der Waals surface area contributed by atoms with E-state index < -0.39 is 0 Å². The summed E-state index contributed by atoms with van der Waals surface area (Å²) in [5.74, 6) is 0. The van der Waals surface area contributed by atoms with Crippen molar-refractivity contribution in [2.24, 2.45) is 7.05 Å². The Hall–Kier alpha value is -1.46. The van der Waals surface area contributed by atoms with E-state index in [9.17, 15) is 0 Å². The van der Waals surface area contributed by atoms with Gasteiger partial charge in [0.25, 0.3) is 0 Å². The molecule has 0 aliphatic carbocycles. The predicted molar refractivity (Wildman–Crippen MR) is 64.6 cm³/mol. The summed E-state index contributed by atoms with van der Waals surface area (Å²) in [6.07, 6.45) is 5.23. The molecule has 0 aliphatic rings. The first-order valence-corrected chi connectivity index (χ1v) is 5.83. The largest absolute Gasteiger partial charge is 0.332 e. The Labute approximate surface area is 101 Å². The second-order valence-corrected chi connectivity index (χ2v) is 4.75. The van der Waals surface area contributed by atoms with Crippen molar-refractivity contribution in [3.63, 3.8) is 0 Å². The fraction of sp³-hybridized carbons (Fsp3) is 0.100. The van der Waals surface area contributed by atoms with Gasteiger partial charge in [0.2, 0.25) is 0 Å². The van der Waals surface area contributed by atoms with Crippen LogP contribution < -0.4 is 0 Å². The average molecular weight is 251 g/mol. The number of fused-ring (bicyclic) bond motifs is 1. The summed E-state index contributed by atoms with van der Waals surface area (Å²) in [4.78, 5) is 12.6. The maximum absolute atomic E-state index is 5.98. The highest BCUT2D eigenvalue weighted by Gasteiger charge is 2.11. The molecular weight excluding hydrogens is 244 g/mol. The Morgan fingerprint density at radius 3 is 3.00 bits per heavy atom. The van der Waals surface area contributed by atoms with Crippen molar-refractivity contribution in [1.29, 1.82) is 0 Å². The number of imidazole rings is 1. The van der Waals surface area contributed by atoms with Gasteiger partial charge in [-0.05, 0) is 6.07 Å².